The van der Waals surface area contributed by atoms with Crippen molar-refractivity contribution in [1.82, 2.24) is 5.32 Å². The Morgan fingerprint density at radius 3 is 2.66 bits per heavy atom. The fourth-order valence-electron chi connectivity index (χ4n) is 3.86. The van der Waals surface area contributed by atoms with E-state index in [9.17, 15) is 14.3 Å². The molecule has 2 aromatic rings. The van der Waals surface area contributed by atoms with Crippen molar-refractivity contribution in [2.45, 2.75) is 32.2 Å². The molecule has 2 N–H and O–H groups in total. The number of hydrogen-bond donors (Lipinski definition) is 2. The Balaban J connectivity index is 2.00. The first-order valence-corrected chi connectivity index (χ1v) is 9.90. The topological polar surface area (TPSA) is 67.8 Å². The van der Waals surface area contributed by atoms with E-state index in [1.807, 2.05) is 24.3 Å². The summed E-state index contributed by atoms with van der Waals surface area (Å²) in [5, 5.41) is 12.3. The molecule has 0 aromatic heterocycles. The maximum absolute atomic E-state index is 14.0. The molecule has 6 heteroatoms. The van der Waals surface area contributed by atoms with Crippen molar-refractivity contribution in [3.8, 4) is 16.9 Å². The van der Waals surface area contributed by atoms with Gasteiger partial charge in [0.2, 0.25) is 5.91 Å². The number of halogens is 1. The van der Waals surface area contributed by atoms with Crippen molar-refractivity contribution in [2.24, 2.45) is 5.41 Å². The number of carbonyl (C=O) groups is 1. The number of hydrogen-bond acceptors (Lipinski definition) is 4. The number of carbonyl (C=O) groups excluding carboxylic acids is 1. The van der Waals surface area contributed by atoms with Gasteiger partial charge in [-0.05, 0) is 55.5 Å². The lowest BCUT2D eigenvalue weighted by Gasteiger charge is -2.37. The van der Waals surface area contributed by atoms with Crippen LogP contribution in [0.4, 0.5) is 4.39 Å². The molecule has 0 spiro atoms. The average molecular weight is 401 g/mol. The molecule has 0 aliphatic carbocycles. The minimum absolute atomic E-state index is 0.0802. The molecule has 1 unspecified atom stereocenters. The van der Waals surface area contributed by atoms with Crippen molar-refractivity contribution in [3.05, 3.63) is 53.8 Å². The molecule has 0 radical (unpaired) electrons. The summed E-state index contributed by atoms with van der Waals surface area (Å²) in [5.41, 5.74) is 1.82. The fraction of sp³-hybridized carbons (Fsp3) is 0.435. The Morgan fingerprint density at radius 1 is 1.24 bits per heavy atom. The number of ether oxygens (including phenoxy) is 2. The zero-order valence-corrected chi connectivity index (χ0v) is 16.9. The number of aliphatic hydroxyl groups is 1. The lowest BCUT2D eigenvalue weighted by molar-refractivity contribution is -0.137. The highest BCUT2D eigenvalue weighted by Crippen LogP contribution is 2.40. The van der Waals surface area contributed by atoms with Crippen LogP contribution in [0.15, 0.2) is 42.5 Å². The van der Waals surface area contributed by atoms with Crippen LogP contribution in [0.5, 0.6) is 5.75 Å². The number of methoxy groups -OCH3 is 1. The number of benzene rings is 2. The zero-order valence-electron chi connectivity index (χ0n) is 16.9. The van der Waals surface area contributed by atoms with Crippen LogP contribution in [0.25, 0.3) is 11.1 Å². The van der Waals surface area contributed by atoms with E-state index in [-0.39, 0.29) is 24.4 Å². The minimum atomic E-state index is -0.641. The SMILES string of the molecule is COc1ccc(F)cc1-c1ccccc1CC1(C(=O)NC(C)CO)CCOCC1. The van der Waals surface area contributed by atoms with Gasteiger partial charge in [0.05, 0.1) is 19.1 Å². The molecule has 1 amide bonds. The molecule has 1 aliphatic rings. The summed E-state index contributed by atoms with van der Waals surface area (Å²) in [6.07, 6.45) is 1.67. The number of nitrogens with one attached hydrogen (secondary N) is 1. The molecule has 3 rings (SSSR count). The Labute approximate surface area is 170 Å². The first kappa shape index (κ1) is 21.3. The van der Waals surface area contributed by atoms with Crippen LogP contribution in [-0.4, -0.2) is 44.0 Å². The van der Waals surface area contributed by atoms with Gasteiger partial charge in [-0.2, -0.15) is 0 Å². The highest BCUT2D eigenvalue weighted by Gasteiger charge is 2.41. The van der Waals surface area contributed by atoms with Crippen molar-refractivity contribution in [2.75, 3.05) is 26.9 Å². The smallest absolute Gasteiger partial charge is 0.227 e. The second-order valence-corrected chi connectivity index (χ2v) is 7.63. The molecule has 1 heterocycles. The molecule has 1 aliphatic heterocycles. The Morgan fingerprint density at radius 2 is 1.97 bits per heavy atom. The summed E-state index contributed by atoms with van der Waals surface area (Å²) in [6.45, 7) is 2.67. The second-order valence-electron chi connectivity index (χ2n) is 7.63. The Bertz CT molecular complexity index is 849. The van der Waals surface area contributed by atoms with Gasteiger partial charge in [0, 0.05) is 24.8 Å². The summed E-state index contributed by atoms with van der Waals surface area (Å²) in [6, 6.07) is 11.8. The molecule has 1 saturated heterocycles. The molecule has 1 fully saturated rings. The van der Waals surface area contributed by atoms with Gasteiger partial charge in [0.25, 0.3) is 0 Å². The normalized spacial score (nSPS) is 16.8. The third kappa shape index (κ3) is 4.77. The van der Waals surface area contributed by atoms with Gasteiger partial charge >= 0.3 is 0 Å². The van der Waals surface area contributed by atoms with E-state index in [4.69, 9.17) is 9.47 Å². The van der Waals surface area contributed by atoms with E-state index in [1.165, 1.54) is 12.1 Å². The molecule has 5 nitrogen and oxygen atoms in total. The molecule has 1 atom stereocenters. The maximum Gasteiger partial charge on any atom is 0.227 e. The van der Waals surface area contributed by atoms with Gasteiger partial charge in [0.15, 0.2) is 0 Å². The third-order valence-electron chi connectivity index (χ3n) is 5.58. The summed E-state index contributed by atoms with van der Waals surface area (Å²) in [7, 11) is 1.56. The van der Waals surface area contributed by atoms with Gasteiger partial charge in [-0.3, -0.25) is 4.79 Å². The lowest BCUT2D eigenvalue weighted by Crippen LogP contribution is -2.49. The van der Waals surface area contributed by atoms with Crippen molar-refractivity contribution in [1.29, 1.82) is 0 Å². The summed E-state index contributed by atoms with van der Waals surface area (Å²) in [4.78, 5) is 13.2. The summed E-state index contributed by atoms with van der Waals surface area (Å²) >= 11 is 0. The first-order chi connectivity index (χ1) is 14.0. The molecule has 2 aromatic carbocycles. The van der Waals surface area contributed by atoms with E-state index >= 15 is 0 Å². The van der Waals surface area contributed by atoms with Gasteiger partial charge in [-0.15, -0.1) is 0 Å². The minimum Gasteiger partial charge on any atom is -0.496 e. The van der Waals surface area contributed by atoms with Gasteiger partial charge in [-0.1, -0.05) is 24.3 Å². The number of aliphatic hydroxyl groups excluding tert-OH is 1. The fourth-order valence-corrected chi connectivity index (χ4v) is 3.86. The molecule has 0 saturated carbocycles. The predicted octanol–water partition coefficient (Wildman–Crippen LogP) is 3.34. The highest BCUT2D eigenvalue weighted by atomic mass is 19.1. The quantitative estimate of drug-likeness (QED) is 0.747. The van der Waals surface area contributed by atoms with Crippen LogP contribution in [0.1, 0.15) is 25.3 Å². The van der Waals surface area contributed by atoms with Crippen molar-refractivity contribution < 1.29 is 23.8 Å². The van der Waals surface area contributed by atoms with Gasteiger partial charge in [-0.25, -0.2) is 4.39 Å². The molecule has 29 heavy (non-hydrogen) atoms. The maximum atomic E-state index is 14.0. The molecular weight excluding hydrogens is 373 g/mol. The van der Waals surface area contributed by atoms with Crippen molar-refractivity contribution in [3.63, 3.8) is 0 Å². The third-order valence-corrected chi connectivity index (χ3v) is 5.58. The van der Waals surface area contributed by atoms with Crippen LogP contribution in [0.3, 0.4) is 0 Å². The average Bonchev–Trinajstić information content (AvgIpc) is 2.74. The van der Waals surface area contributed by atoms with Crippen LogP contribution in [0, 0.1) is 11.2 Å². The van der Waals surface area contributed by atoms with Gasteiger partial charge in [0.1, 0.15) is 11.6 Å². The molecule has 156 valence electrons. The van der Waals surface area contributed by atoms with Crippen LogP contribution in [-0.2, 0) is 16.0 Å². The van der Waals surface area contributed by atoms with Crippen LogP contribution < -0.4 is 10.1 Å². The summed E-state index contributed by atoms with van der Waals surface area (Å²) < 4.78 is 24.9. The van der Waals surface area contributed by atoms with E-state index in [2.05, 4.69) is 5.32 Å². The highest BCUT2D eigenvalue weighted by molar-refractivity contribution is 5.84. The van der Waals surface area contributed by atoms with Crippen molar-refractivity contribution >= 4 is 5.91 Å². The lowest BCUT2D eigenvalue weighted by atomic mass is 9.73. The molecule has 0 bridgehead atoms. The van der Waals surface area contributed by atoms with Gasteiger partial charge < -0.3 is 19.9 Å². The Kier molecular flexibility index (Phi) is 6.87. The Hall–Kier alpha value is -2.44. The standard InChI is InChI=1S/C23H28FNO4/c1-16(15-26)25-22(27)23(9-11-29-12-10-23)14-17-5-3-4-6-19(17)20-13-18(24)7-8-21(20)28-2/h3-8,13,16,26H,9-12,14-15H2,1-2H3,(H,25,27). The molecular formula is C23H28FNO4. The van der Waals surface area contributed by atoms with E-state index in [0.29, 0.717) is 43.8 Å². The second kappa shape index (κ2) is 9.37. The zero-order chi connectivity index (χ0) is 20.9. The largest absolute Gasteiger partial charge is 0.496 e. The number of rotatable bonds is 7. The monoisotopic (exact) mass is 401 g/mol. The van der Waals surface area contributed by atoms with Crippen LogP contribution in [0.2, 0.25) is 0 Å². The summed E-state index contributed by atoms with van der Waals surface area (Å²) in [5.74, 6) is 0.160. The predicted molar refractivity (Wildman–Crippen MR) is 109 cm³/mol. The van der Waals surface area contributed by atoms with E-state index < -0.39 is 5.41 Å². The van der Waals surface area contributed by atoms with Crippen LogP contribution >= 0.6 is 0 Å². The first-order valence-electron chi connectivity index (χ1n) is 9.90. The number of amides is 1. The van der Waals surface area contributed by atoms with E-state index in [0.717, 1.165) is 11.1 Å². The van der Waals surface area contributed by atoms with E-state index in [1.54, 1.807) is 20.1 Å².